The average Bonchev–Trinajstić information content (AvgIpc) is 2.28. The highest BCUT2D eigenvalue weighted by molar-refractivity contribution is 5.61. The maximum Gasteiger partial charge on any atom is 0.330 e. The molecule has 0 aliphatic heterocycles. The van der Waals surface area contributed by atoms with Crippen LogP contribution in [0.1, 0.15) is 41.0 Å². The smallest absolute Gasteiger partial charge is 0.330 e. The molecular formula is C13H24N4O2. The quantitative estimate of drug-likeness (QED) is 0.769. The number of hydrogen-bond acceptors (Lipinski definition) is 4. The van der Waals surface area contributed by atoms with Crippen molar-refractivity contribution in [3.8, 4) is 0 Å². The Morgan fingerprint density at radius 3 is 2.42 bits per heavy atom. The minimum Gasteiger partial charge on any atom is -0.383 e. The molecule has 1 unspecified atom stereocenters. The van der Waals surface area contributed by atoms with Crippen LogP contribution in [0.4, 0.5) is 11.5 Å². The topological polar surface area (TPSA) is 92.9 Å². The van der Waals surface area contributed by atoms with E-state index in [9.17, 15) is 9.59 Å². The first-order chi connectivity index (χ1) is 8.68. The molecule has 0 saturated heterocycles. The molecule has 0 fully saturated rings. The maximum atomic E-state index is 11.9. The van der Waals surface area contributed by atoms with Crippen molar-refractivity contribution < 1.29 is 0 Å². The molecule has 0 bridgehead atoms. The van der Waals surface area contributed by atoms with Gasteiger partial charge < -0.3 is 11.1 Å². The number of aromatic nitrogens is 2. The molecule has 0 aliphatic carbocycles. The molecule has 0 saturated carbocycles. The summed E-state index contributed by atoms with van der Waals surface area (Å²) in [6.45, 7) is 10.6. The lowest BCUT2D eigenvalue weighted by Crippen LogP contribution is -2.38. The number of H-pyrrole nitrogens is 1. The summed E-state index contributed by atoms with van der Waals surface area (Å²) in [6, 6.07) is 0.0449. The van der Waals surface area contributed by atoms with Gasteiger partial charge in [0.1, 0.15) is 11.5 Å². The van der Waals surface area contributed by atoms with Crippen molar-refractivity contribution in [1.82, 2.24) is 9.55 Å². The number of anilines is 2. The van der Waals surface area contributed by atoms with E-state index < -0.39 is 11.2 Å². The van der Waals surface area contributed by atoms with Gasteiger partial charge in [0.2, 0.25) is 0 Å². The number of hydrogen-bond donors (Lipinski definition) is 3. The van der Waals surface area contributed by atoms with Gasteiger partial charge in [-0.15, -0.1) is 0 Å². The first-order valence-corrected chi connectivity index (χ1v) is 6.57. The molecule has 0 spiro atoms. The highest BCUT2D eigenvalue weighted by Gasteiger charge is 2.22. The Balaban J connectivity index is 3.25. The Morgan fingerprint density at radius 2 is 1.95 bits per heavy atom. The molecule has 0 radical (unpaired) electrons. The molecule has 6 nitrogen and oxygen atoms in total. The summed E-state index contributed by atoms with van der Waals surface area (Å²) in [7, 11) is 0. The summed E-state index contributed by atoms with van der Waals surface area (Å²) < 4.78 is 1.39. The zero-order valence-electron chi connectivity index (χ0n) is 12.3. The van der Waals surface area contributed by atoms with Crippen molar-refractivity contribution in [3.63, 3.8) is 0 Å². The molecule has 0 aliphatic rings. The monoisotopic (exact) mass is 268 g/mol. The zero-order chi connectivity index (χ0) is 14.8. The zero-order valence-corrected chi connectivity index (χ0v) is 12.3. The summed E-state index contributed by atoms with van der Waals surface area (Å²) in [4.78, 5) is 25.9. The normalized spacial score (nSPS) is 13.3. The minimum atomic E-state index is -0.467. The molecule has 1 atom stereocenters. The van der Waals surface area contributed by atoms with E-state index in [2.05, 4.69) is 31.1 Å². The van der Waals surface area contributed by atoms with Crippen LogP contribution in [0.3, 0.4) is 0 Å². The second-order valence-electron chi connectivity index (χ2n) is 5.90. The van der Waals surface area contributed by atoms with Crippen molar-refractivity contribution >= 4 is 11.5 Å². The van der Waals surface area contributed by atoms with Crippen LogP contribution >= 0.6 is 0 Å². The molecule has 1 heterocycles. The molecule has 6 heteroatoms. The molecule has 4 N–H and O–H groups in total. The fourth-order valence-corrected chi connectivity index (χ4v) is 1.61. The Labute approximate surface area is 113 Å². The molecule has 0 amide bonds. The summed E-state index contributed by atoms with van der Waals surface area (Å²) in [5.74, 6) is 0.201. The summed E-state index contributed by atoms with van der Waals surface area (Å²) >= 11 is 0. The van der Waals surface area contributed by atoms with E-state index in [0.717, 1.165) is 6.42 Å². The van der Waals surface area contributed by atoms with Crippen molar-refractivity contribution in [2.45, 2.75) is 53.6 Å². The van der Waals surface area contributed by atoms with E-state index in [1.807, 2.05) is 13.8 Å². The summed E-state index contributed by atoms with van der Waals surface area (Å²) in [5, 5.41) is 3.12. The third-order valence-electron chi connectivity index (χ3n) is 3.35. The van der Waals surface area contributed by atoms with E-state index >= 15 is 0 Å². The average molecular weight is 268 g/mol. The molecule has 1 rings (SSSR count). The van der Waals surface area contributed by atoms with Gasteiger partial charge in [0.15, 0.2) is 0 Å². The van der Waals surface area contributed by atoms with Crippen LogP contribution in [0.2, 0.25) is 0 Å². The van der Waals surface area contributed by atoms with Crippen LogP contribution in [0, 0.1) is 5.41 Å². The molecular weight excluding hydrogens is 244 g/mol. The van der Waals surface area contributed by atoms with Crippen molar-refractivity contribution in [3.05, 3.63) is 20.8 Å². The van der Waals surface area contributed by atoms with E-state index in [4.69, 9.17) is 5.73 Å². The lowest BCUT2D eigenvalue weighted by Gasteiger charge is -2.29. The Hall–Kier alpha value is -1.72. The van der Waals surface area contributed by atoms with Crippen LogP contribution in [0.15, 0.2) is 9.59 Å². The Kier molecular flexibility index (Phi) is 4.44. The number of nitrogens with zero attached hydrogens (tertiary/aromatic N) is 1. The Bertz CT molecular complexity index is 551. The third-order valence-corrected chi connectivity index (χ3v) is 3.35. The van der Waals surface area contributed by atoms with E-state index in [0.29, 0.717) is 6.54 Å². The molecule has 1 aromatic rings. The largest absolute Gasteiger partial charge is 0.383 e. The summed E-state index contributed by atoms with van der Waals surface area (Å²) in [5.41, 5.74) is 5.27. The first-order valence-electron chi connectivity index (χ1n) is 6.57. The van der Waals surface area contributed by atoms with Crippen molar-refractivity contribution in [1.29, 1.82) is 0 Å². The second kappa shape index (κ2) is 5.50. The molecule has 1 aromatic heterocycles. The number of aromatic amines is 1. The standard InChI is InChI=1S/C13H24N4O2/c1-6-7-17-10(14)9(11(18)16-12(17)19)15-8(2)13(3,4)5/h8,15H,6-7,14H2,1-5H3,(H,16,18,19). The van der Waals surface area contributed by atoms with Gasteiger partial charge in [0.25, 0.3) is 5.56 Å². The van der Waals surface area contributed by atoms with Gasteiger partial charge >= 0.3 is 5.69 Å². The van der Waals surface area contributed by atoms with Crippen LogP contribution < -0.4 is 22.3 Å². The van der Waals surface area contributed by atoms with Crippen LogP contribution in [-0.4, -0.2) is 15.6 Å². The van der Waals surface area contributed by atoms with E-state index in [1.165, 1.54) is 4.57 Å². The summed E-state index contributed by atoms with van der Waals surface area (Å²) in [6.07, 6.45) is 0.768. The van der Waals surface area contributed by atoms with E-state index in [1.54, 1.807) is 0 Å². The van der Waals surface area contributed by atoms with Crippen molar-refractivity contribution in [2.75, 3.05) is 11.1 Å². The van der Waals surface area contributed by atoms with Gasteiger partial charge in [-0.05, 0) is 18.8 Å². The number of nitrogens with one attached hydrogen (secondary N) is 2. The van der Waals surface area contributed by atoms with Gasteiger partial charge in [0.05, 0.1) is 0 Å². The fourth-order valence-electron chi connectivity index (χ4n) is 1.61. The molecule has 19 heavy (non-hydrogen) atoms. The highest BCUT2D eigenvalue weighted by atomic mass is 16.2. The third kappa shape index (κ3) is 3.39. The minimum absolute atomic E-state index is 0.0232. The maximum absolute atomic E-state index is 11.9. The predicted octanol–water partition coefficient (Wildman–Crippen LogP) is 1.38. The van der Waals surface area contributed by atoms with Gasteiger partial charge in [-0.25, -0.2) is 4.79 Å². The van der Waals surface area contributed by atoms with Gasteiger partial charge in [-0.1, -0.05) is 27.7 Å². The number of nitrogen functional groups attached to an aromatic ring is 1. The van der Waals surface area contributed by atoms with Gasteiger partial charge in [0, 0.05) is 12.6 Å². The molecule has 108 valence electrons. The Morgan fingerprint density at radius 1 is 1.37 bits per heavy atom. The van der Waals surface area contributed by atoms with Crippen LogP contribution in [-0.2, 0) is 6.54 Å². The first kappa shape index (κ1) is 15.3. The predicted molar refractivity (Wildman–Crippen MR) is 78.6 cm³/mol. The second-order valence-corrected chi connectivity index (χ2v) is 5.90. The van der Waals surface area contributed by atoms with Crippen LogP contribution in [0.25, 0.3) is 0 Å². The molecule has 0 aromatic carbocycles. The fraction of sp³-hybridized carbons (Fsp3) is 0.692. The lowest BCUT2D eigenvalue weighted by atomic mass is 9.88. The highest BCUT2D eigenvalue weighted by Crippen LogP contribution is 2.23. The lowest BCUT2D eigenvalue weighted by molar-refractivity contribution is 0.359. The van der Waals surface area contributed by atoms with Gasteiger partial charge in [-0.2, -0.15) is 0 Å². The van der Waals surface area contributed by atoms with E-state index in [-0.39, 0.29) is 23.0 Å². The number of nitrogens with two attached hydrogens (primary N) is 1. The SMILES string of the molecule is CCCn1c(N)c(NC(C)C(C)(C)C)c(=O)[nH]c1=O. The van der Waals surface area contributed by atoms with Gasteiger partial charge in [-0.3, -0.25) is 14.3 Å². The van der Waals surface area contributed by atoms with Crippen LogP contribution in [0.5, 0.6) is 0 Å². The van der Waals surface area contributed by atoms with Crippen molar-refractivity contribution in [2.24, 2.45) is 5.41 Å². The number of rotatable bonds is 4.